The van der Waals surface area contributed by atoms with E-state index >= 15 is 0 Å². The Bertz CT molecular complexity index is 787. The van der Waals surface area contributed by atoms with Crippen molar-refractivity contribution in [3.63, 3.8) is 0 Å². The van der Waals surface area contributed by atoms with Crippen molar-refractivity contribution in [3.8, 4) is 0 Å². The van der Waals surface area contributed by atoms with Crippen LogP contribution in [0.15, 0.2) is 28.8 Å². The number of halogens is 1. The van der Waals surface area contributed by atoms with E-state index in [1.54, 1.807) is 17.7 Å². The van der Waals surface area contributed by atoms with E-state index in [9.17, 15) is 4.79 Å². The second-order valence-electron chi connectivity index (χ2n) is 7.04. The highest BCUT2D eigenvalue weighted by Crippen LogP contribution is 2.18. The molecule has 0 saturated carbocycles. The van der Waals surface area contributed by atoms with Crippen LogP contribution in [-0.4, -0.2) is 64.9 Å². The molecule has 8 nitrogen and oxygen atoms in total. The fourth-order valence-electron chi connectivity index (χ4n) is 3.52. The molecular formula is C20H31IN6O2S. The Morgan fingerprint density at radius 2 is 2.20 bits per heavy atom. The normalized spacial score (nSPS) is 15.0. The zero-order valence-electron chi connectivity index (χ0n) is 17.6. The monoisotopic (exact) mass is 546 g/mol. The van der Waals surface area contributed by atoms with Gasteiger partial charge in [0.2, 0.25) is 0 Å². The highest BCUT2D eigenvalue weighted by molar-refractivity contribution is 14.0. The molecule has 2 aromatic rings. The van der Waals surface area contributed by atoms with Gasteiger partial charge in [0.1, 0.15) is 12.2 Å². The molecule has 10 heteroatoms. The molecule has 0 atom stereocenters. The standard InChI is InChI=1S/C20H30N6O2S.HI/c1-3-18-24-23-15-26(18)13-10-22-20(21-9-6-17-5-4-14-29-17)25-11-7-16(8-12-25)19(27)28-2;/h4-5,14-16H,3,6-13H2,1-2H3,(H,21,22);1H. The Balaban J connectivity index is 0.00000320. The molecule has 30 heavy (non-hydrogen) atoms. The van der Waals surface area contributed by atoms with Crippen molar-refractivity contribution in [2.75, 3.05) is 33.3 Å². The van der Waals surface area contributed by atoms with Crippen LogP contribution >= 0.6 is 35.3 Å². The number of likely N-dealkylation sites (tertiary alicyclic amines) is 1. The van der Waals surface area contributed by atoms with E-state index in [1.807, 2.05) is 0 Å². The summed E-state index contributed by atoms with van der Waals surface area (Å²) in [5.41, 5.74) is 0. The van der Waals surface area contributed by atoms with Gasteiger partial charge in [-0.2, -0.15) is 0 Å². The molecule has 0 radical (unpaired) electrons. The molecule has 3 rings (SSSR count). The molecule has 3 heterocycles. The number of nitrogens with zero attached hydrogens (tertiary/aromatic N) is 5. The second-order valence-corrected chi connectivity index (χ2v) is 8.07. The fourth-order valence-corrected chi connectivity index (χ4v) is 4.21. The molecule has 166 valence electrons. The number of aliphatic imine (C=N–C) groups is 1. The van der Waals surface area contributed by atoms with Gasteiger partial charge in [0, 0.05) is 50.4 Å². The van der Waals surface area contributed by atoms with E-state index in [-0.39, 0.29) is 35.9 Å². The number of methoxy groups -OCH3 is 1. The number of esters is 1. The molecule has 1 aliphatic heterocycles. The minimum atomic E-state index is -0.103. The van der Waals surface area contributed by atoms with Crippen LogP contribution in [0.5, 0.6) is 0 Å². The van der Waals surface area contributed by atoms with E-state index in [2.05, 4.69) is 49.4 Å². The number of rotatable bonds is 8. The van der Waals surface area contributed by atoms with Crippen molar-refractivity contribution in [1.82, 2.24) is 25.0 Å². The Morgan fingerprint density at radius 3 is 2.87 bits per heavy atom. The maximum Gasteiger partial charge on any atom is 0.308 e. The summed E-state index contributed by atoms with van der Waals surface area (Å²) in [5.74, 6) is 1.79. The lowest BCUT2D eigenvalue weighted by atomic mass is 9.97. The zero-order valence-corrected chi connectivity index (χ0v) is 20.8. The quantitative estimate of drug-likeness (QED) is 0.237. The van der Waals surface area contributed by atoms with Gasteiger partial charge in [0.25, 0.3) is 0 Å². The Kier molecular flexibility index (Phi) is 10.6. The van der Waals surface area contributed by atoms with Crippen LogP contribution in [0.4, 0.5) is 0 Å². The van der Waals surface area contributed by atoms with Crippen molar-refractivity contribution in [2.45, 2.75) is 39.2 Å². The SMILES string of the molecule is CCc1nncn1CCNC(=NCCc1cccs1)N1CCC(C(=O)OC)CC1.I. The number of aryl methyl sites for hydroxylation is 1. The average molecular weight is 546 g/mol. The second kappa shape index (κ2) is 12.9. The van der Waals surface area contributed by atoms with Gasteiger partial charge in [0.05, 0.1) is 13.0 Å². The average Bonchev–Trinajstić information content (AvgIpc) is 3.44. The van der Waals surface area contributed by atoms with E-state index in [0.717, 1.165) is 70.2 Å². The summed E-state index contributed by atoms with van der Waals surface area (Å²) in [6.45, 7) is 5.97. The summed E-state index contributed by atoms with van der Waals surface area (Å²) in [5, 5.41) is 13.7. The molecule has 0 aromatic carbocycles. The van der Waals surface area contributed by atoms with Crippen molar-refractivity contribution < 1.29 is 9.53 Å². The van der Waals surface area contributed by atoms with Crippen LogP contribution in [0, 0.1) is 5.92 Å². The molecule has 2 aromatic heterocycles. The number of carbonyl (C=O) groups excluding carboxylic acids is 1. The highest BCUT2D eigenvalue weighted by Gasteiger charge is 2.27. The lowest BCUT2D eigenvalue weighted by Crippen LogP contribution is -2.47. The molecular weight excluding hydrogens is 515 g/mol. The molecule has 1 N–H and O–H groups in total. The maximum absolute atomic E-state index is 11.8. The lowest BCUT2D eigenvalue weighted by molar-refractivity contribution is -0.146. The van der Waals surface area contributed by atoms with Crippen LogP contribution in [0.1, 0.15) is 30.5 Å². The number of aromatic nitrogens is 3. The van der Waals surface area contributed by atoms with E-state index < -0.39 is 0 Å². The minimum absolute atomic E-state index is 0. The molecule has 0 spiro atoms. The molecule has 0 aliphatic carbocycles. The summed E-state index contributed by atoms with van der Waals surface area (Å²) >= 11 is 1.76. The van der Waals surface area contributed by atoms with Gasteiger partial charge in [-0.25, -0.2) is 0 Å². The number of piperidine rings is 1. The first kappa shape index (κ1) is 24.6. The first-order valence-corrected chi connectivity index (χ1v) is 11.1. The summed E-state index contributed by atoms with van der Waals surface area (Å²) in [6, 6.07) is 4.22. The van der Waals surface area contributed by atoms with Gasteiger partial charge in [-0.3, -0.25) is 9.79 Å². The third-order valence-electron chi connectivity index (χ3n) is 5.18. The van der Waals surface area contributed by atoms with Gasteiger partial charge in [-0.1, -0.05) is 13.0 Å². The maximum atomic E-state index is 11.8. The fraction of sp³-hybridized carbons (Fsp3) is 0.600. The number of ether oxygens (including phenoxy) is 1. The van der Waals surface area contributed by atoms with E-state index in [1.165, 1.54) is 12.0 Å². The van der Waals surface area contributed by atoms with Crippen molar-refractivity contribution in [1.29, 1.82) is 0 Å². The highest BCUT2D eigenvalue weighted by atomic mass is 127. The summed E-state index contributed by atoms with van der Waals surface area (Å²) < 4.78 is 6.97. The van der Waals surface area contributed by atoms with Crippen LogP contribution in [0.2, 0.25) is 0 Å². The van der Waals surface area contributed by atoms with Crippen molar-refractivity contribution in [3.05, 3.63) is 34.5 Å². The van der Waals surface area contributed by atoms with Gasteiger partial charge < -0.3 is 19.5 Å². The van der Waals surface area contributed by atoms with E-state index in [0.29, 0.717) is 0 Å². The van der Waals surface area contributed by atoms with Gasteiger partial charge >= 0.3 is 5.97 Å². The summed E-state index contributed by atoms with van der Waals surface area (Å²) in [7, 11) is 1.46. The third-order valence-corrected chi connectivity index (χ3v) is 6.11. The first-order valence-electron chi connectivity index (χ1n) is 10.2. The number of guanidine groups is 1. The van der Waals surface area contributed by atoms with E-state index in [4.69, 9.17) is 9.73 Å². The molecule has 0 unspecified atom stereocenters. The number of thiophene rings is 1. The van der Waals surface area contributed by atoms with Gasteiger partial charge in [0.15, 0.2) is 5.96 Å². The van der Waals surface area contributed by atoms with Gasteiger partial charge in [-0.15, -0.1) is 45.5 Å². The Hall–Kier alpha value is -1.69. The molecule has 1 fully saturated rings. The van der Waals surface area contributed by atoms with Crippen LogP contribution in [0.25, 0.3) is 0 Å². The van der Waals surface area contributed by atoms with Crippen molar-refractivity contribution in [2.24, 2.45) is 10.9 Å². The summed E-state index contributed by atoms with van der Waals surface area (Å²) in [6.07, 6.45) is 5.17. The van der Waals surface area contributed by atoms with Crippen molar-refractivity contribution >= 4 is 47.2 Å². The zero-order chi connectivity index (χ0) is 20.5. The van der Waals surface area contributed by atoms with Crippen LogP contribution in [-0.2, 0) is 28.9 Å². The molecule has 1 saturated heterocycles. The summed E-state index contributed by atoms with van der Waals surface area (Å²) in [4.78, 5) is 20.3. The predicted octanol–water partition coefficient (Wildman–Crippen LogP) is 2.59. The molecule has 0 bridgehead atoms. The van der Waals surface area contributed by atoms with Crippen LogP contribution < -0.4 is 5.32 Å². The number of hydrogen-bond donors (Lipinski definition) is 1. The number of nitrogens with one attached hydrogen (secondary N) is 1. The number of hydrogen-bond acceptors (Lipinski definition) is 6. The largest absolute Gasteiger partial charge is 0.469 e. The minimum Gasteiger partial charge on any atom is -0.469 e. The first-order chi connectivity index (χ1) is 14.2. The number of carbonyl (C=O) groups is 1. The Morgan fingerprint density at radius 1 is 1.40 bits per heavy atom. The van der Waals surface area contributed by atoms with Gasteiger partial charge in [-0.05, 0) is 24.3 Å². The molecule has 1 aliphatic rings. The smallest absolute Gasteiger partial charge is 0.308 e. The topological polar surface area (TPSA) is 84.6 Å². The van der Waals surface area contributed by atoms with Crippen LogP contribution in [0.3, 0.4) is 0 Å². The predicted molar refractivity (Wildman–Crippen MR) is 129 cm³/mol. The third kappa shape index (κ3) is 6.93. The lowest BCUT2D eigenvalue weighted by Gasteiger charge is -2.33. The Labute approximate surface area is 199 Å². The molecule has 0 amide bonds.